The van der Waals surface area contributed by atoms with E-state index in [1.165, 1.54) is 21.2 Å². The summed E-state index contributed by atoms with van der Waals surface area (Å²) < 4.78 is 0. The molecular formula is C30H31NO4P2Pd. The van der Waals surface area contributed by atoms with E-state index in [1.807, 2.05) is 0 Å². The van der Waals surface area contributed by atoms with Crippen LogP contribution >= 0.6 is 15.8 Å². The number of benzene rings is 4. The second-order valence-electron chi connectivity index (χ2n) is 7.75. The van der Waals surface area contributed by atoms with Crippen LogP contribution in [-0.4, -0.2) is 24.5 Å². The average Bonchev–Trinajstić information content (AvgIpc) is 2.90. The van der Waals surface area contributed by atoms with Gasteiger partial charge in [0.15, 0.2) is 0 Å². The number of hydrogen-bond acceptors (Lipinski definition) is 5. The monoisotopic (exact) mass is 637 g/mol. The molecule has 0 atom stereocenters. The van der Waals surface area contributed by atoms with Crippen LogP contribution in [0.2, 0.25) is 0 Å². The Bertz CT molecular complexity index is 1000. The Balaban J connectivity index is 0.000000709. The van der Waals surface area contributed by atoms with Crippen molar-refractivity contribution in [2.24, 2.45) is 0 Å². The smallest absolute Gasteiger partial charge is 0.550 e. The minimum Gasteiger partial charge on any atom is -0.550 e. The maximum Gasteiger partial charge on any atom is 2.00 e. The second-order valence-corrected chi connectivity index (χ2v) is 12.2. The fourth-order valence-electron chi connectivity index (χ4n) is 3.37. The van der Waals surface area contributed by atoms with Crippen LogP contribution in [0, 0.1) is 0 Å². The van der Waals surface area contributed by atoms with Gasteiger partial charge in [0.25, 0.3) is 0 Å². The zero-order valence-corrected chi connectivity index (χ0v) is 24.6. The molecule has 8 heteroatoms. The first-order chi connectivity index (χ1) is 17.9. The van der Waals surface area contributed by atoms with Crippen LogP contribution in [0.3, 0.4) is 0 Å². The molecule has 0 aliphatic carbocycles. The Hall–Kier alpha value is -2.70. The third kappa shape index (κ3) is 13.2. The number of carboxylic acid groups (broad SMARTS) is 2. The maximum absolute atomic E-state index is 8.89. The molecule has 0 saturated carbocycles. The summed E-state index contributed by atoms with van der Waals surface area (Å²) in [5.74, 6) is -2.17. The van der Waals surface area contributed by atoms with Crippen LogP contribution in [0.4, 0.5) is 0 Å². The molecule has 38 heavy (non-hydrogen) atoms. The number of hydrogen-bond donors (Lipinski definition) is 1. The van der Waals surface area contributed by atoms with E-state index in [9.17, 15) is 0 Å². The van der Waals surface area contributed by atoms with E-state index >= 15 is 0 Å². The van der Waals surface area contributed by atoms with Crippen molar-refractivity contribution >= 4 is 49.0 Å². The zero-order valence-electron chi connectivity index (χ0n) is 21.3. The van der Waals surface area contributed by atoms with Crippen molar-refractivity contribution < 1.29 is 40.2 Å². The molecule has 0 aliphatic heterocycles. The van der Waals surface area contributed by atoms with Gasteiger partial charge < -0.3 is 25.1 Å². The average molecular weight is 638 g/mol. The Morgan fingerprint density at radius 2 is 0.711 bits per heavy atom. The van der Waals surface area contributed by atoms with Crippen LogP contribution < -0.4 is 36.7 Å². The molecule has 0 saturated heterocycles. The van der Waals surface area contributed by atoms with Crippen LogP contribution in [0.5, 0.6) is 0 Å². The third-order valence-corrected chi connectivity index (χ3v) is 9.58. The van der Waals surface area contributed by atoms with Crippen molar-refractivity contribution in [1.82, 2.24) is 5.32 Å². The molecule has 0 spiro atoms. The molecule has 0 fully saturated rings. The Labute approximate surface area is 241 Å². The summed E-state index contributed by atoms with van der Waals surface area (Å²) in [6.07, 6.45) is 1.98. The first-order valence-electron chi connectivity index (χ1n) is 11.7. The standard InChI is InChI=1S/C26H25NP2.2C2H4O2.Pd/c1-5-13-23(14-6-1)28(24-15-7-2-8-16-24)21-27-22-29(25-17-9-3-10-18-25)26-19-11-4-12-20-26;2*1-2(3)4;/h1-20,27H,21-22H2;2*1H3,(H,3,4);/q;;;+2/p-2. The van der Waals surface area contributed by atoms with Gasteiger partial charge in [0.05, 0.1) is 0 Å². The van der Waals surface area contributed by atoms with Crippen LogP contribution in [-0.2, 0) is 30.0 Å². The van der Waals surface area contributed by atoms with Crippen molar-refractivity contribution in [3.63, 3.8) is 0 Å². The van der Waals surface area contributed by atoms with E-state index in [0.717, 1.165) is 26.4 Å². The third-order valence-electron chi connectivity index (χ3n) is 4.81. The summed E-state index contributed by atoms with van der Waals surface area (Å²) >= 11 is 0. The van der Waals surface area contributed by atoms with Gasteiger partial charge in [-0.3, -0.25) is 0 Å². The molecule has 0 amide bonds. The van der Waals surface area contributed by atoms with Gasteiger partial charge in [0.2, 0.25) is 0 Å². The van der Waals surface area contributed by atoms with Crippen molar-refractivity contribution in [1.29, 1.82) is 0 Å². The predicted molar refractivity (Wildman–Crippen MR) is 152 cm³/mol. The summed E-state index contributed by atoms with van der Waals surface area (Å²) in [5.41, 5.74) is 0. The molecule has 0 unspecified atom stereocenters. The molecule has 0 heterocycles. The van der Waals surface area contributed by atoms with E-state index in [0.29, 0.717) is 0 Å². The molecule has 200 valence electrons. The summed E-state index contributed by atoms with van der Waals surface area (Å²) in [4.78, 5) is 17.8. The largest absolute Gasteiger partial charge is 2.00 e. The van der Waals surface area contributed by atoms with E-state index < -0.39 is 27.8 Å². The number of rotatable bonds is 8. The maximum atomic E-state index is 8.89. The van der Waals surface area contributed by atoms with E-state index in [2.05, 4.69) is 127 Å². The van der Waals surface area contributed by atoms with Gasteiger partial charge in [-0.15, -0.1) is 0 Å². The Morgan fingerprint density at radius 1 is 0.526 bits per heavy atom. The van der Waals surface area contributed by atoms with Gasteiger partial charge in [-0.1, -0.05) is 121 Å². The molecule has 4 aromatic rings. The van der Waals surface area contributed by atoms with Crippen LogP contribution in [0.15, 0.2) is 121 Å². The Kier molecular flexibility index (Phi) is 17.0. The van der Waals surface area contributed by atoms with Crippen molar-refractivity contribution in [2.45, 2.75) is 13.8 Å². The minimum absolute atomic E-state index is 0. The van der Waals surface area contributed by atoms with E-state index in [-0.39, 0.29) is 20.4 Å². The topological polar surface area (TPSA) is 92.3 Å². The van der Waals surface area contributed by atoms with Gasteiger partial charge >= 0.3 is 20.4 Å². The quantitative estimate of drug-likeness (QED) is 0.237. The fraction of sp³-hybridized carbons (Fsp3) is 0.133. The number of nitrogens with one attached hydrogen (secondary N) is 1. The zero-order chi connectivity index (χ0) is 26.9. The number of carbonyl (C=O) groups is 2. The van der Waals surface area contributed by atoms with E-state index in [4.69, 9.17) is 19.8 Å². The van der Waals surface area contributed by atoms with Crippen LogP contribution in [0.1, 0.15) is 13.8 Å². The van der Waals surface area contributed by atoms with Crippen molar-refractivity contribution in [2.75, 3.05) is 12.6 Å². The normalized spacial score (nSPS) is 9.79. The molecule has 5 nitrogen and oxygen atoms in total. The summed E-state index contributed by atoms with van der Waals surface area (Å²) in [5, 5.41) is 27.3. The molecule has 4 rings (SSSR count). The molecule has 1 N–H and O–H groups in total. The minimum atomic E-state index is -1.08. The molecule has 4 aromatic carbocycles. The molecule has 0 radical (unpaired) electrons. The molecule has 0 bridgehead atoms. The van der Waals surface area contributed by atoms with E-state index in [1.54, 1.807) is 0 Å². The molecule has 0 aromatic heterocycles. The summed E-state index contributed by atoms with van der Waals surface area (Å²) in [7, 11) is -0.840. The van der Waals surface area contributed by atoms with Gasteiger partial charge in [-0.25, -0.2) is 0 Å². The first-order valence-corrected chi connectivity index (χ1v) is 14.7. The van der Waals surface area contributed by atoms with Gasteiger partial charge in [0.1, 0.15) is 0 Å². The van der Waals surface area contributed by atoms with Gasteiger partial charge in [-0.2, -0.15) is 0 Å². The summed E-state index contributed by atoms with van der Waals surface area (Å²) in [6, 6.07) is 43.7. The number of carboxylic acids is 2. The van der Waals surface area contributed by atoms with Crippen LogP contribution in [0.25, 0.3) is 0 Å². The first kappa shape index (κ1) is 33.3. The van der Waals surface area contributed by atoms with Crippen molar-refractivity contribution in [3.8, 4) is 0 Å². The van der Waals surface area contributed by atoms with Gasteiger partial charge in [0, 0.05) is 24.5 Å². The SMILES string of the molecule is CC(=O)[O-].CC(=O)[O-].[Pd+2].c1ccc(P(CNCP(c2ccccc2)c2ccccc2)c2ccccc2)cc1. The molecule has 0 aliphatic rings. The van der Waals surface area contributed by atoms with Crippen molar-refractivity contribution in [3.05, 3.63) is 121 Å². The molecular weight excluding hydrogens is 607 g/mol. The van der Waals surface area contributed by atoms with Gasteiger partial charge in [-0.05, 0) is 50.9 Å². The fourth-order valence-corrected chi connectivity index (χ4v) is 7.67. The second kappa shape index (κ2) is 19.4. The Morgan fingerprint density at radius 3 is 0.895 bits per heavy atom. The number of aliphatic carboxylic acids is 2. The summed E-state index contributed by atoms with van der Waals surface area (Å²) in [6.45, 7) is 1.94. The number of carbonyl (C=O) groups excluding carboxylic acids is 2. The predicted octanol–water partition coefficient (Wildman–Crippen LogP) is 2.27.